The molecule has 0 heterocycles. The van der Waals surface area contributed by atoms with E-state index in [2.05, 4.69) is 5.32 Å². The van der Waals surface area contributed by atoms with Gasteiger partial charge in [0.1, 0.15) is 18.0 Å². The number of rotatable bonds is 6. The Bertz CT molecular complexity index is 666. The first-order chi connectivity index (χ1) is 10.2. The first-order valence-corrected chi connectivity index (χ1v) is 6.31. The average Bonchev–Trinajstić information content (AvgIpc) is 2.52. The number of nitrogens with zero attached hydrogens (tertiary/aromatic N) is 2. The number of hydrogen-bond acceptors (Lipinski definition) is 5. The largest absolute Gasteiger partial charge is 0.492 e. The van der Waals surface area contributed by atoms with Crippen LogP contribution in [0.5, 0.6) is 5.75 Å². The van der Waals surface area contributed by atoms with Crippen LogP contribution in [0.2, 0.25) is 0 Å². The Kier molecular flexibility index (Phi) is 4.72. The summed E-state index contributed by atoms with van der Waals surface area (Å²) in [4.78, 5) is 10.4. The molecule has 0 bridgehead atoms. The number of ether oxygens (including phenoxy) is 1. The molecule has 2 rings (SSSR count). The minimum Gasteiger partial charge on any atom is -0.492 e. The van der Waals surface area contributed by atoms with E-state index in [4.69, 9.17) is 10.00 Å². The third kappa shape index (κ3) is 3.94. The lowest BCUT2D eigenvalue weighted by atomic mass is 10.2. The molecule has 0 aliphatic carbocycles. The second-order valence-electron chi connectivity index (χ2n) is 4.19. The Labute approximate surface area is 121 Å². The molecule has 0 radical (unpaired) electrons. The van der Waals surface area contributed by atoms with Crippen molar-refractivity contribution in [1.82, 2.24) is 0 Å². The molecule has 1 N–H and O–H groups in total. The summed E-state index contributed by atoms with van der Waals surface area (Å²) in [7, 11) is 0. The van der Waals surface area contributed by atoms with Crippen molar-refractivity contribution >= 4 is 11.4 Å². The van der Waals surface area contributed by atoms with Gasteiger partial charge >= 0.3 is 0 Å². The van der Waals surface area contributed by atoms with Crippen LogP contribution < -0.4 is 10.1 Å². The summed E-state index contributed by atoms with van der Waals surface area (Å²) in [5.74, 6) is 0.736. The van der Waals surface area contributed by atoms with Crippen LogP contribution >= 0.6 is 0 Å². The Morgan fingerprint density at radius 1 is 1.24 bits per heavy atom. The Morgan fingerprint density at radius 3 is 2.67 bits per heavy atom. The lowest BCUT2D eigenvalue weighted by molar-refractivity contribution is -0.384. The lowest BCUT2D eigenvalue weighted by Gasteiger charge is -2.09. The number of nitro benzene ring substituents is 1. The second kappa shape index (κ2) is 6.91. The molecule has 2 aromatic carbocycles. The standard InChI is InChI=1S/C15H13N3O3/c16-11-12-6-7-15(18(19)20)14(10-12)17-8-9-21-13-4-2-1-3-5-13/h1-7,10,17H,8-9H2. The maximum atomic E-state index is 10.9. The van der Waals surface area contributed by atoms with E-state index >= 15 is 0 Å². The van der Waals surface area contributed by atoms with Gasteiger partial charge in [-0.05, 0) is 24.3 Å². The molecule has 0 fully saturated rings. The third-order valence-corrected chi connectivity index (χ3v) is 2.75. The monoisotopic (exact) mass is 283 g/mol. The van der Waals surface area contributed by atoms with Gasteiger partial charge in [0.2, 0.25) is 0 Å². The summed E-state index contributed by atoms with van der Waals surface area (Å²) < 4.78 is 5.49. The van der Waals surface area contributed by atoms with E-state index in [0.717, 1.165) is 5.75 Å². The van der Waals surface area contributed by atoms with E-state index in [1.54, 1.807) is 0 Å². The van der Waals surface area contributed by atoms with Gasteiger partial charge < -0.3 is 10.1 Å². The van der Waals surface area contributed by atoms with Gasteiger partial charge in [-0.2, -0.15) is 5.26 Å². The van der Waals surface area contributed by atoms with Gasteiger partial charge in [0.25, 0.3) is 5.69 Å². The number of nitriles is 1. The molecular weight excluding hydrogens is 270 g/mol. The van der Waals surface area contributed by atoms with Crippen molar-refractivity contribution in [3.63, 3.8) is 0 Å². The number of nitro groups is 1. The Hall–Kier alpha value is -3.07. The van der Waals surface area contributed by atoms with Gasteiger partial charge in [-0.3, -0.25) is 10.1 Å². The predicted molar refractivity (Wildman–Crippen MR) is 78.2 cm³/mol. The van der Waals surface area contributed by atoms with Crippen molar-refractivity contribution < 1.29 is 9.66 Å². The summed E-state index contributed by atoms with van der Waals surface area (Å²) in [5.41, 5.74) is 0.622. The first kappa shape index (κ1) is 14.3. The quantitative estimate of drug-likeness (QED) is 0.500. The fourth-order valence-corrected chi connectivity index (χ4v) is 1.78. The molecule has 0 aliphatic rings. The molecule has 0 spiro atoms. The topological polar surface area (TPSA) is 88.2 Å². The molecule has 0 aromatic heterocycles. The van der Waals surface area contributed by atoms with Gasteiger partial charge in [-0.15, -0.1) is 0 Å². The smallest absolute Gasteiger partial charge is 0.292 e. The van der Waals surface area contributed by atoms with Crippen molar-refractivity contribution in [2.24, 2.45) is 0 Å². The lowest BCUT2D eigenvalue weighted by Crippen LogP contribution is -2.12. The molecule has 21 heavy (non-hydrogen) atoms. The van der Waals surface area contributed by atoms with Crippen molar-refractivity contribution in [2.45, 2.75) is 0 Å². The molecule has 6 heteroatoms. The van der Waals surface area contributed by atoms with Crippen molar-refractivity contribution in [3.8, 4) is 11.8 Å². The van der Waals surface area contributed by atoms with E-state index in [1.165, 1.54) is 18.2 Å². The van der Waals surface area contributed by atoms with Crippen LogP contribution in [0.3, 0.4) is 0 Å². The fraction of sp³-hybridized carbons (Fsp3) is 0.133. The summed E-state index contributed by atoms with van der Waals surface area (Å²) in [5, 5.41) is 22.7. The van der Waals surface area contributed by atoms with Crippen LogP contribution in [0, 0.1) is 21.4 Å². The van der Waals surface area contributed by atoms with Gasteiger partial charge in [0.05, 0.1) is 16.6 Å². The molecule has 0 unspecified atom stereocenters. The third-order valence-electron chi connectivity index (χ3n) is 2.75. The van der Waals surface area contributed by atoms with Gasteiger partial charge in [-0.1, -0.05) is 18.2 Å². The van der Waals surface area contributed by atoms with E-state index in [9.17, 15) is 10.1 Å². The molecule has 106 valence electrons. The van der Waals surface area contributed by atoms with Crippen LogP contribution in [0.15, 0.2) is 48.5 Å². The minimum atomic E-state index is -0.485. The summed E-state index contributed by atoms with van der Waals surface area (Å²) >= 11 is 0. The summed E-state index contributed by atoms with van der Waals surface area (Å²) in [6.45, 7) is 0.753. The Morgan fingerprint density at radius 2 is 2.00 bits per heavy atom. The highest BCUT2D eigenvalue weighted by Gasteiger charge is 2.13. The number of hydrogen-bond donors (Lipinski definition) is 1. The summed E-state index contributed by atoms with van der Waals surface area (Å²) in [6, 6.07) is 15.4. The molecule has 6 nitrogen and oxygen atoms in total. The predicted octanol–water partition coefficient (Wildman–Crippen LogP) is 2.96. The maximum absolute atomic E-state index is 10.9. The molecule has 0 atom stereocenters. The van der Waals surface area contributed by atoms with Gasteiger partial charge in [-0.25, -0.2) is 0 Å². The van der Waals surface area contributed by atoms with E-state index in [1.807, 2.05) is 36.4 Å². The number of benzene rings is 2. The number of para-hydroxylation sites is 1. The number of anilines is 1. The maximum Gasteiger partial charge on any atom is 0.292 e. The highest BCUT2D eigenvalue weighted by Crippen LogP contribution is 2.25. The molecular formula is C15H13N3O3. The first-order valence-electron chi connectivity index (χ1n) is 6.31. The van der Waals surface area contributed by atoms with E-state index < -0.39 is 4.92 Å². The molecule has 2 aromatic rings. The van der Waals surface area contributed by atoms with Crippen molar-refractivity contribution in [2.75, 3.05) is 18.5 Å². The molecule has 0 aliphatic heterocycles. The molecule has 0 amide bonds. The Balaban J connectivity index is 1.96. The zero-order valence-corrected chi connectivity index (χ0v) is 11.2. The van der Waals surface area contributed by atoms with Crippen LogP contribution in [-0.2, 0) is 0 Å². The highest BCUT2D eigenvalue weighted by atomic mass is 16.6. The van der Waals surface area contributed by atoms with Crippen LogP contribution in [0.1, 0.15) is 5.56 Å². The van der Waals surface area contributed by atoms with Crippen LogP contribution in [0.25, 0.3) is 0 Å². The zero-order chi connectivity index (χ0) is 15.1. The SMILES string of the molecule is N#Cc1ccc([N+](=O)[O-])c(NCCOc2ccccc2)c1. The summed E-state index contributed by atoms with van der Waals surface area (Å²) in [6.07, 6.45) is 0. The van der Waals surface area contributed by atoms with Crippen LogP contribution in [-0.4, -0.2) is 18.1 Å². The van der Waals surface area contributed by atoms with E-state index in [-0.39, 0.29) is 5.69 Å². The average molecular weight is 283 g/mol. The van der Waals surface area contributed by atoms with Crippen molar-refractivity contribution in [1.29, 1.82) is 5.26 Å². The number of nitrogens with one attached hydrogen (secondary N) is 1. The molecule has 0 saturated carbocycles. The second-order valence-corrected chi connectivity index (χ2v) is 4.19. The minimum absolute atomic E-state index is 0.0614. The van der Waals surface area contributed by atoms with E-state index in [0.29, 0.717) is 24.4 Å². The molecule has 0 saturated heterocycles. The van der Waals surface area contributed by atoms with Gasteiger partial charge in [0.15, 0.2) is 0 Å². The zero-order valence-electron chi connectivity index (χ0n) is 11.2. The van der Waals surface area contributed by atoms with Crippen LogP contribution in [0.4, 0.5) is 11.4 Å². The van der Waals surface area contributed by atoms with Crippen molar-refractivity contribution in [3.05, 3.63) is 64.2 Å². The van der Waals surface area contributed by atoms with Gasteiger partial charge in [0, 0.05) is 12.6 Å². The highest BCUT2D eigenvalue weighted by molar-refractivity contribution is 5.64. The normalized spacial score (nSPS) is 9.67. The fourth-order valence-electron chi connectivity index (χ4n) is 1.78.